The number of benzene rings is 4. The quantitative estimate of drug-likeness (QED) is 0.113. The molecule has 0 spiro atoms. The van der Waals surface area contributed by atoms with Crippen LogP contribution in [0.1, 0.15) is 87.4 Å². The number of rotatable bonds is 9. The van der Waals surface area contributed by atoms with Gasteiger partial charge in [0.15, 0.2) is 0 Å². The van der Waals surface area contributed by atoms with E-state index >= 15 is 0 Å². The maximum atomic E-state index is 14.1. The van der Waals surface area contributed by atoms with Crippen LogP contribution in [0.25, 0.3) is 44.2 Å². The Labute approximate surface area is 358 Å². The molecule has 2 aromatic heterocycles. The Balaban J connectivity index is 0.964. The fourth-order valence-electron chi connectivity index (χ4n) is 9.36. The standard InChI is InChI=1S/C47H50N8O7/c1-25(2)39(52-46(58)60-4)45(57)55-26(3)13-18-37(55)42-48-23-35(50-42)29-14-16-31-30(20-29)24-62-38-22-32-28(21-33(31)38)15-17-34-41(32)51-43(49-34)36-12-9-19-54(36)44(56)40(53-47(59)61-5)27-10-7-6-8-11-27/h6-8,10-11,14-17,20-23,25-26,36-37,39-40H,9,12-13,18-19,24H2,1-5H3,(H,48,50)(H,49,51)(H,52,58)(H,53,59)/t26-,36-,37-,39-,40?/m0/s1. The van der Waals surface area contributed by atoms with Crippen LogP contribution in [0.3, 0.4) is 0 Å². The molecular formula is C47H50N8O7. The van der Waals surface area contributed by atoms with Gasteiger partial charge in [-0.15, -0.1) is 0 Å². The van der Waals surface area contributed by atoms with Crippen molar-refractivity contribution in [3.63, 3.8) is 0 Å². The number of carbonyl (C=O) groups excluding carboxylic acids is 4. The van der Waals surface area contributed by atoms with Crippen LogP contribution in [0.15, 0.2) is 79.0 Å². The van der Waals surface area contributed by atoms with E-state index < -0.39 is 24.3 Å². The molecule has 0 saturated carbocycles. The maximum absolute atomic E-state index is 14.1. The molecule has 4 aromatic carbocycles. The highest BCUT2D eigenvalue weighted by Crippen LogP contribution is 2.44. The first kappa shape index (κ1) is 40.5. The third-order valence-electron chi connectivity index (χ3n) is 12.6. The number of amides is 4. The number of fused-ring (bicyclic) bond motifs is 6. The third kappa shape index (κ3) is 7.34. The number of aromatic nitrogens is 4. The lowest BCUT2D eigenvalue weighted by atomic mass is 9.92. The molecule has 3 aliphatic heterocycles. The van der Waals surface area contributed by atoms with E-state index in [-0.39, 0.29) is 35.9 Å². The van der Waals surface area contributed by atoms with Crippen molar-refractivity contribution in [1.82, 2.24) is 40.4 Å². The fourth-order valence-corrected chi connectivity index (χ4v) is 9.36. The molecule has 0 radical (unpaired) electrons. The molecule has 2 fully saturated rings. The fraction of sp³-hybridized carbons (Fsp3) is 0.362. The summed E-state index contributed by atoms with van der Waals surface area (Å²) in [6.45, 7) is 6.75. The highest BCUT2D eigenvalue weighted by Gasteiger charge is 2.41. The summed E-state index contributed by atoms with van der Waals surface area (Å²) in [5.41, 5.74) is 7.21. The van der Waals surface area contributed by atoms with E-state index in [1.54, 1.807) is 4.90 Å². The van der Waals surface area contributed by atoms with Crippen molar-refractivity contribution >= 4 is 45.8 Å². The van der Waals surface area contributed by atoms with Crippen LogP contribution in [0.2, 0.25) is 0 Å². The summed E-state index contributed by atoms with van der Waals surface area (Å²) in [7, 11) is 2.57. The van der Waals surface area contributed by atoms with E-state index in [2.05, 4.69) is 57.0 Å². The zero-order valence-corrected chi connectivity index (χ0v) is 35.4. The third-order valence-corrected chi connectivity index (χ3v) is 12.6. The van der Waals surface area contributed by atoms with Crippen LogP contribution in [0.5, 0.6) is 5.75 Å². The van der Waals surface area contributed by atoms with Crippen LogP contribution >= 0.6 is 0 Å². The summed E-state index contributed by atoms with van der Waals surface area (Å²) >= 11 is 0. The average Bonchev–Trinajstić information content (AvgIpc) is 4.12. The normalized spacial score (nSPS) is 19.2. The van der Waals surface area contributed by atoms with Crippen LogP contribution in [0, 0.1) is 5.92 Å². The van der Waals surface area contributed by atoms with Crippen molar-refractivity contribution in [2.75, 3.05) is 20.8 Å². The number of H-pyrrole nitrogens is 2. The summed E-state index contributed by atoms with van der Waals surface area (Å²) in [5.74, 6) is 1.65. The number of imidazole rings is 2. The predicted octanol–water partition coefficient (Wildman–Crippen LogP) is 7.86. The molecule has 5 atom stereocenters. The second kappa shape index (κ2) is 16.5. The van der Waals surface area contributed by atoms with Gasteiger partial charge in [-0.1, -0.05) is 62.4 Å². The minimum atomic E-state index is -0.903. The van der Waals surface area contributed by atoms with Crippen LogP contribution < -0.4 is 15.4 Å². The number of nitrogens with one attached hydrogen (secondary N) is 4. The number of ether oxygens (including phenoxy) is 3. The zero-order chi connectivity index (χ0) is 43.2. The number of hydrogen-bond donors (Lipinski definition) is 4. The molecule has 5 heterocycles. The molecular weight excluding hydrogens is 789 g/mol. The molecule has 1 unspecified atom stereocenters. The number of likely N-dealkylation sites (tertiary alicyclic amines) is 2. The second-order valence-electron chi connectivity index (χ2n) is 16.7. The minimum absolute atomic E-state index is 0.0188. The van der Waals surface area contributed by atoms with Gasteiger partial charge in [-0.25, -0.2) is 19.6 Å². The number of carbonyl (C=O) groups is 4. The Hall–Kier alpha value is -6.90. The smallest absolute Gasteiger partial charge is 0.407 e. The zero-order valence-electron chi connectivity index (χ0n) is 35.4. The topological polar surface area (TPSA) is 184 Å². The van der Waals surface area contributed by atoms with E-state index in [9.17, 15) is 19.2 Å². The van der Waals surface area contributed by atoms with E-state index in [1.165, 1.54) is 14.2 Å². The number of nitrogens with zero attached hydrogens (tertiary/aromatic N) is 4. The van der Waals surface area contributed by atoms with Crippen molar-refractivity contribution in [3.8, 4) is 28.1 Å². The van der Waals surface area contributed by atoms with Gasteiger partial charge in [-0.05, 0) is 90.4 Å². The lowest BCUT2D eigenvalue weighted by Crippen LogP contribution is -2.52. The Morgan fingerprint density at radius 1 is 0.839 bits per heavy atom. The highest BCUT2D eigenvalue weighted by molar-refractivity contribution is 6.07. The minimum Gasteiger partial charge on any atom is -0.488 e. The first-order chi connectivity index (χ1) is 30.0. The molecule has 15 heteroatoms. The SMILES string of the molecule is COC(=O)NC(C(=O)N1CCC[C@H]1c1nc2c(ccc3cc4c(cc32)OCc2cc(-c3cnc([C@@H]5CC[C@H](C)N5C(=O)[C@@H](NC(=O)OC)C(C)C)[nH]3)ccc2-4)[nH]1)c1ccccc1. The van der Waals surface area contributed by atoms with Gasteiger partial charge in [-0.2, -0.15) is 0 Å². The van der Waals surface area contributed by atoms with Gasteiger partial charge in [0.1, 0.15) is 36.1 Å². The van der Waals surface area contributed by atoms with Crippen LogP contribution in [-0.2, 0) is 25.7 Å². The van der Waals surface area contributed by atoms with Crippen molar-refractivity contribution in [3.05, 3.63) is 102 Å². The van der Waals surface area contributed by atoms with E-state index in [1.807, 2.05) is 68.3 Å². The van der Waals surface area contributed by atoms with Crippen molar-refractivity contribution in [2.24, 2.45) is 5.92 Å². The average molecular weight is 839 g/mol. The summed E-state index contributed by atoms with van der Waals surface area (Å²) in [6, 6.07) is 21.6. The Morgan fingerprint density at radius 2 is 1.63 bits per heavy atom. The summed E-state index contributed by atoms with van der Waals surface area (Å²) in [6.07, 6.45) is 3.60. The molecule has 0 aliphatic carbocycles. The van der Waals surface area contributed by atoms with Gasteiger partial charge in [0.25, 0.3) is 5.91 Å². The largest absolute Gasteiger partial charge is 0.488 e. The molecule has 4 amide bonds. The maximum Gasteiger partial charge on any atom is 0.407 e. The molecule has 15 nitrogen and oxygen atoms in total. The summed E-state index contributed by atoms with van der Waals surface area (Å²) < 4.78 is 16.1. The summed E-state index contributed by atoms with van der Waals surface area (Å²) in [5, 5.41) is 7.40. The number of alkyl carbamates (subject to hydrolysis) is 2. The molecule has 62 heavy (non-hydrogen) atoms. The molecule has 0 bridgehead atoms. The van der Waals surface area contributed by atoms with Gasteiger partial charge in [0.2, 0.25) is 5.91 Å². The molecule has 3 aliphatic rings. The van der Waals surface area contributed by atoms with Crippen molar-refractivity contribution < 1.29 is 33.4 Å². The monoisotopic (exact) mass is 838 g/mol. The van der Waals surface area contributed by atoms with E-state index in [0.717, 1.165) is 81.2 Å². The molecule has 9 rings (SSSR count). The van der Waals surface area contributed by atoms with E-state index in [0.29, 0.717) is 30.4 Å². The first-order valence-corrected chi connectivity index (χ1v) is 21.2. The molecule has 2 saturated heterocycles. The van der Waals surface area contributed by atoms with Gasteiger partial charge in [-0.3, -0.25) is 9.59 Å². The Kier molecular flexibility index (Phi) is 10.8. The molecule has 320 valence electrons. The summed E-state index contributed by atoms with van der Waals surface area (Å²) in [4.78, 5) is 73.0. The molecule has 6 aromatic rings. The van der Waals surface area contributed by atoms with Gasteiger partial charge in [0.05, 0.1) is 49.2 Å². The highest BCUT2D eigenvalue weighted by atomic mass is 16.5. The van der Waals surface area contributed by atoms with Gasteiger partial charge in [0, 0.05) is 23.5 Å². The number of methoxy groups -OCH3 is 2. The number of aromatic amines is 2. The van der Waals surface area contributed by atoms with Crippen LogP contribution in [-0.4, -0.2) is 86.6 Å². The van der Waals surface area contributed by atoms with E-state index in [4.69, 9.17) is 24.2 Å². The van der Waals surface area contributed by atoms with Crippen molar-refractivity contribution in [1.29, 1.82) is 0 Å². The van der Waals surface area contributed by atoms with Gasteiger partial charge >= 0.3 is 12.2 Å². The predicted molar refractivity (Wildman–Crippen MR) is 232 cm³/mol. The lowest BCUT2D eigenvalue weighted by molar-refractivity contribution is -0.137. The van der Waals surface area contributed by atoms with Crippen LogP contribution in [0.4, 0.5) is 9.59 Å². The first-order valence-electron chi connectivity index (χ1n) is 21.2. The van der Waals surface area contributed by atoms with Gasteiger partial charge < -0.3 is 44.6 Å². The Bertz CT molecular complexity index is 2690. The second-order valence-corrected chi connectivity index (χ2v) is 16.7. The number of hydrogen-bond acceptors (Lipinski definition) is 9. The molecule has 4 N–H and O–H groups in total. The van der Waals surface area contributed by atoms with Crippen molar-refractivity contribution in [2.45, 2.75) is 83.3 Å². The lowest BCUT2D eigenvalue weighted by Gasteiger charge is -2.32. The Morgan fingerprint density at radius 3 is 2.40 bits per heavy atom.